The largest absolute Gasteiger partial charge is 0.481 e. The van der Waals surface area contributed by atoms with Crippen LogP contribution in [-0.2, 0) is 10.2 Å². The van der Waals surface area contributed by atoms with Crippen molar-refractivity contribution in [3.63, 3.8) is 0 Å². The lowest BCUT2D eigenvalue weighted by Gasteiger charge is -2.36. The van der Waals surface area contributed by atoms with Crippen LogP contribution in [0.15, 0.2) is 18.2 Å². The molecule has 0 aromatic heterocycles. The first-order valence-corrected chi connectivity index (χ1v) is 8.00. The van der Waals surface area contributed by atoms with E-state index in [1.165, 1.54) is 18.4 Å². The van der Waals surface area contributed by atoms with Gasteiger partial charge in [0, 0.05) is 24.4 Å². The van der Waals surface area contributed by atoms with Gasteiger partial charge in [0.2, 0.25) is 6.79 Å². The lowest BCUT2D eigenvalue weighted by Crippen LogP contribution is -2.44. The summed E-state index contributed by atoms with van der Waals surface area (Å²) in [6.45, 7) is 1.29. The molecule has 0 spiro atoms. The molecule has 0 unspecified atom stereocenters. The normalized spacial score (nSPS) is 27.3. The molecule has 118 valence electrons. The van der Waals surface area contributed by atoms with Crippen molar-refractivity contribution < 1.29 is 19.4 Å². The van der Waals surface area contributed by atoms with E-state index in [2.05, 4.69) is 17.4 Å². The van der Waals surface area contributed by atoms with E-state index < -0.39 is 5.97 Å². The molecule has 4 rings (SSSR count). The number of hydrogen-bond donors (Lipinski definition) is 2. The first-order valence-electron chi connectivity index (χ1n) is 8.00. The number of nitrogens with one attached hydrogen (secondary N) is 1. The maximum Gasteiger partial charge on any atom is 0.303 e. The van der Waals surface area contributed by atoms with Gasteiger partial charge in [-0.1, -0.05) is 6.07 Å². The van der Waals surface area contributed by atoms with E-state index in [-0.39, 0.29) is 5.41 Å². The SMILES string of the molecule is O=C(O)CC1CC(NCC2(c3ccc4c(c3)OCO4)CC2)C1. The van der Waals surface area contributed by atoms with E-state index >= 15 is 0 Å². The number of carbonyl (C=O) groups is 1. The number of carboxylic acid groups (broad SMARTS) is 1. The van der Waals surface area contributed by atoms with Gasteiger partial charge in [-0.3, -0.25) is 4.79 Å². The predicted octanol–water partition coefficient (Wildman–Crippen LogP) is 2.29. The fourth-order valence-electron chi connectivity index (χ4n) is 3.60. The Morgan fingerprint density at radius 1 is 1.27 bits per heavy atom. The topological polar surface area (TPSA) is 67.8 Å². The van der Waals surface area contributed by atoms with Crippen LogP contribution in [0.5, 0.6) is 11.5 Å². The highest BCUT2D eigenvalue weighted by Crippen LogP contribution is 2.50. The third-order valence-electron chi connectivity index (χ3n) is 5.27. The highest BCUT2D eigenvalue weighted by molar-refractivity contribution is 5.67. The summed E-state index contributed by atoms with van der Waals surface area (Å²) >= 11 is 0. The van der Waals surface area contributed by atoms with Gasteiger partial charge in [-0.15, -0.1) is 0 Å². The summed E-state index contributed by atoms with van der Waals surface area (Å²) in [6.07, 6.45) is 4.69. The van der Waals surface area contributed by atoms with Crippen LogP contribution in [0, 0.1) is 5.92 Å². The van der Waals surface area contributed by atoms with Gasteiger partial charge in [0.05, 0.1) is 0 Å². The van der Waals surface area contributed by atoms with Crippen LogP contribution >= 0.6 is 0 Å². The minimum atomic E-state index is -0.678. The van der Waals surface area contributed by atoms with Crippen LogP contribution < -0.4 is 14.8 Å². The Hall–Kier alpha value is -1.75. The Morgan fingerprint density at radius 3 is 2.77 bits per heavy atom. The van der Waals surface area contributed by atoms with Crippen molar-refractivity contribution in [2.75, 3.05) is 13.3 Å². The van der Waals surface area contributed by atoms with Gasteiger partial charge in [0.15, 0.2) is 11.5 Å². The van der Waals surface area contributed by atoms with Gasteiger partial charge in [0.1, 0.15) is 0 Å². The average molecular weight is 303 g/mol. The summed E-state index contributed by atoms with van der Waals surface area (Å²) in [4.78, 5) is 10.7. The number of benzene rings is 1. The summed E-state index contributed by atoms with van der Waals surface area (Å²) in [5, 5.41) is 12.4. The third-order valence-corrected chi connectivity index (χ3v) is 5.27. The van der Waals surface area contributed by atoms with Gasteiger partial charge in [-0.05, 0) is 49.3 Å². The molecular weight excluding hydrogens is 282 g/mol. The highest BCUT2D eigenvalue weighted by atomic mass is 16.7. The Morgan fingerprint density at radius 2 is 2.05 bits per heavy atom. The molecule has 1 aromatic rings. The molecule has 2 aliphatic carbocycles. The zero-order valence-corrected chi connectivity index (χ0v) is 12.5. The molecule has 1 aliphatic heterocycles. The van der Waals surface area contributed by atoms with Crippen molar-refractivity contribution in [2.24, 2.45) is 5.92 Å². The van der Waals surface area contributed by atoms with Crippen molar-refractivity contribution in [3.05, 3.63) is 23.8 Å². The van der Waals surface area contributed by atoms with Gasteiger partial charge < -0.3 is 19.9 Å². The molecule has 0 bridgehead atoms. The molecule has 5 heteroatoms. The van der Waals surface area contributed by atoms with Crippen molar-refractivity contribution in [1.29, 1.82) is 0 Å². The minimum absolute atomic E-state index is 0.235. The number of hydrogen-bond acceptors (Lipinski definition) is 4. The molecule has 5 nitrogen and oxygen atoms in total. The van der Waals surface area contributed by atoms with Crippen LogP contribution in [0.4, 0.5) is 0 Å². The number of fused-ring (bicyclic) bond motifs is 1. The lowest BCUT2D eigenvalue weighted by atomic mass is 9.78. The zero-order valence-electron chi connectivity index (χ0n) is 12.5. The fraction of sp³-hybridized carbons (Fsp3) is 0.588. The van der Waals surface area contributed by atoms with Crippen LogP contribution in [0.3, 0.4) is 0 Å². The van der Waals surface area contributed by atoms with E-state index in [9.17, 15) is 4.79 Å². The van der Waals surface area contributed by atoms with Gasteiger partial charge in [0.25, 0.3) is 0 Å². The Labute approximate surface area is 129 Å². The standard InChI is InChI=1S/C17H21NO4/c19-16(20)7-11-5-13(6-11)18-9-17(3-4-17)12-1-2-14-15(8-12)22-10-21-14/h1-2,8,11,13,18H,3-7,9-10H2,(H,19,20). The maximum atomic E-state index is 10.7. The summed E-state index contributed by atoms with van der Waals surface area (Å²) in [6, 6.07) is 6.75. The molecule has 22 heavy (non-hydrogen) atoms. The molecule has 2 fully saturated rings. The number of carboxylic acids is 1. The molecule has 0 saturated heterocycles. The van der Waals surface area contributed by atoms with E-state index in [1.54, 1.807) is 0 Å². The molecule has 3 aliphatic rings. The quantitative estimate of drug-likeness (QED) is 0.844. The van der Waals surface area contributed by atoms with E-state index in [4.69, 9.17) is 14.6 Å². The molecule has 0 atom stereocenters. The summed E-state index contributed by atoms with van der Waals surface area (Å²) < 4.78 is 10.8. The summed E-state index contributed by atoms with van der Waals surface area (Å²) in [7, 11) is 0. The van der Waals surface area contributed by atoms with Crippen LogP contribution in [0.1, 0.15) is 37.7 Å². The van der Waals surface area contributed by atoms with Crippen LogP contribution in [0.25, 0.3) is 0 Å². The summed E-state index contributed by atoms with van der Waals surface area (Å²) in [5.74, 6) is 1.37. The minimum Gasteiger partial charge on any atom is -0.481 e. The Bertz CT molecular complexity index is 590. The van der Waals surface area contributed by atoms with Crippen LogP contribution in [-0.4, -0.2) is 30.5 Å². The predicted molar refractivity (Wildman–Crippen MR) is 80.2 cm³/mol. The fourth-order valence-corrected chi connectivity index (χ4v) is 3.60. The molecule has 1 heterocycles. The number of aliphatic carboxylic acids is 1. The summed E-state index contributed by atoms with van der Waals surface area (Å²) in [5.41, 5.74) is 1.56. The van der Waals surface area contributed by atoms with Crippen molar-refractivity contribution in [3.8, 4) is 11.5 Å². The molecule has 2 N–H and O–H groups in total. The first-order chi connectivity index (χ1) is 10.6. The zero-order chi connectivity index (χ0) is 15.2. The highest BCUT2D eigenvalue weighted by Gasteiger charge is 2.45. The molecule has 1 aromatic carbocycles. The first kappa shape index (κ1) is 13.9. The van der Waals surface area contributed by atoms with Crippen molar-refractivity contribution in [2.45, 2.75) is 43.6 Å². The van der Waals surface area contributed by atoms with Crippen LogP contribution in [0.2, 0.25) is 0 Å². The van der Waals surface area contributed by atoms with E-state index in [0.717, 1.165) is 30.9 Å². The Kier molecular flexibility index (Phi) is 3.26. The van der Waals surface area contributed by atoms with Crippen molar-refractivity contribution in [1.82, 2.24) is 5.32 Å². The van der Waals surface area contributed by atoms with Gasteiger partial charge in [-0.2, -0.15) is 0 Å². The van der Waals surface area contributed by atoms with E-state index in [0.29, 0.717) is 25.2 Å². The maximum absolute atomic E-state index is 10.7. The molecule has 2 saturated carbocycles. The smallest absolute Gasteiger partial charge is 0.303 e. The second-order valence-electron chi connectivity index (χ2n) is 6.86. The molecule has 0 radical (unpaired) electrons. The average Bonchev–Trinajstić information content (AvgIpc) is 3.09. The number of ether oxygens (including phenoxy) is 2. The Balaban J connectivity index is 1.33. The van der Waals surface area contributed by atoms with E-state index in [1.807, 2.05) is 6.07 Å². The molecular formula is C17H21NO4. The number of rotatable bonds is 6. The van der Waals surface area contributed by atoms with Crippen molar-refractivity contribution >= 4 is 5.97 Å². The monoisotopic (exact) mass is 303 g/mol. The lowest BCUT2D eigenvalue weighted by molar-refractivity contribution is -0.138. The van der Waals surface area contributed by atoms with Gasteiger partial charge in [-0.25, -0.2) is 0 Å². The second kappa shape index (κ2) is 5.16. The van der Waals surface area contributed by atoms with Gasteiger partial charge >= 0.3 is 5.97 Å². The second-order valence-corrected chi connectivity index (χ2v) is 6.86. The molecule has 0 amide bonds. The third kappa shape index (κ3) is 2.54.